The zero-order chi connectivity index (χ0) is 16.3. The van der Waals surface area contributed by atoms with Crippen LogP contribution >= 0.6 is 15.9 Å². The van der Waals surface area contributed by atoms with Crippen molar-refractivity contribution in [2.75, 3.05) is 57.9 Å². The van der Waals surface area contributed by atoms with Crippen LogP contribution in [0, 0.1) is 0 Å². The van der Waals surface area contributed by atoms with E-state index in [-0.39, 0.29) is 5.91 Å². The number of hydrazine groups is 2. The summed E-state index contributed by atoms with van der Waals surface area (Å²) in [4.78, 5) is 12.8. The van der Waals surface area contributed by atoms with Gasteiger partial charge in [0, 0.05) is 37.9 Å². The standard InChI is InChI=1S/C16H30BrN3O3/c17-7-5-3-1-2-4-6-16(21)20(18-8-12-22-13-9-18)19-10-14-23-15-11-19/h1-15H2. The third-order valence-electron chi connectivity index (χ3n) is 4.26. The van der Waals surface area contributed by atoms with Gasteiger partial charge in [-0.25, -0.2) is 5.12 Å². The van der Waals surface area contributed by atoms with E-state index in [9.17, 15) is 4.79 Å². The minimum absolute atomic E-state index is 0.217. The number of rotatable bonds is 9. The SMILES string of the molecule is O=C(CCCCCCCBr)N(N1CCOCC1)N1CCOCC1. The molecule has 0 aromatic rings. The number of ether oxygens (including phenoxy) is 2. The van der Waals surface area contributed by atoms with Crippen molar-refractivity contribution in [1.82, 2.24) is 15.1 Å². The molecule has 2 heterocycles. The van der Waals surface area contributed by atoms with Gasteiger partial charge in [-0.2, -0.15) is 10.0 Å². The minimum Gasteiger partial charge on any atom is -0.379 e. The summed E-state index contributed by atoms with van der Waals surface area (Å²) in [6.07, 6.45) is 6.43. The predicted molar refractivity (Wildman–Crippen MR) is 93.1 cm³/mol. The Hall–Kier alpha value is -0.210. The van der Waals surface area contributed by atoms with Crippen molar-refractivity contribution in [2.45, 2.75) is 38.5 Å². The van der Waals surface area contributed by atoms with Crippen LogP contribution in [-0.4, -0.2) is 79.0 Å². The maximum atomic E-state index is 12.8. The van der Waals surface area contributed by atoms with E-state index in [0.717, 1.165) is 44.4 Å². The van der Waals surface area contributed by atoms with Crippen molar-refractivity contribution >= 4 is 21.8 Å². The highest BCUT2D eigenvalue weighted by Gasteiger charge is 2.29. The van der Waals surface area contributed by atoms with Gasteiger partial charge in [0.15, 0.2) is 0 Å². The van der Waals surface area contributed by atoms with Crippen LogP contribution in [-0.2, 0) is 14.3 Å². The quantitative estimate of drug-likeness (QED) is 0.444. The van der Waals surface area contributed by atoms with Crippen LogP contribution in [0.1, 0.15) is 38.5 Å². The summed E-state index contributed by atoms with van der Waals surface area (Å²) in [6, 6.07) is 0. The summed E-state index contributed by atoms with van der Waals surface area (Å²) in [5, 5.41) is 7.25. The summed E-state index contributed by atoms with van der Waals surface area (Å²) < 4.78 is 10.9. The molecular formula is C16H30BrN3O3. The molecule has 6 nitrogen and oxygen atoms in total. The van der Waals surface area contributed by atoms with Crippen LogP contribution in [0.5, 0.6) is 0 Å². The highest BCUT2D eigenvalue weighted by atomic mass is 79.9. The molecule has 0 saturated carbocycles. The lowest BCUT2D eigenvalue weighted by molar-refractivity contribution is -0.225. The Balaban J connectivity index is 1.81. The molecular weight excluding hydrogens is 362 g/mol. The van der Waals surface area contributed by atoms with Crippen LogP contribution < -0.4 is 0 Å². The normalized spacial score (nSPS) is 20.6. The van der Waals surface area contributed by atoms with Crippen LogP contribution in [0.4, 0.5) is 0 Å². The summed E-state index contributed by atoms with van der Waals surface area (Å²) in [5.41, 5.74) is 0. The molecule has 1 amide bonds. The second kappa shape index (κ2) is 11.4. The summed E-state index contributed by atoms with van der Waals surface area (Å²) in [5.74, 6) is 0.217. The average molecular weight is 392 g/mol. The zero-order valence-corrected chi connectivity index (χ0v) is 15.6. The van der Waals surface area contributed by atoms with Crippen molar-refractivity contribution < 1.29 is 14.3 Å². The number of morpholine rings is 2. The molecule has 7 heteroatoms. The molecule has 2 rings (SSSR count). The predicted octanol–water partition coefficient (Wildman–Crippen LogP) is 2.04. The Bertz CT molecular complexity index is 317. The largest absolute Gasteiger partial charge is 0.379 e. The molecule has 134 valence electrons. The van der Waals surface area contributed by atoms with Crippen LogP contribution in [0.3, 0.4) is 0 Å². The first kappa shape index (κ1) is 19.1. The number of amides is 1. The minimum atomic E-state index is 0.217. The number of carbonyl (C=O) groups excluding carboxylic acids is 1. The molecule has 2 saturated heterocycles. The van der Waals surface area contributed by atoms with Gasteiger partial charge in [-0.3, -0.25) is 4.79 Å². The lowest BCUT2D eigenvalue weighted by Gasteiger charge is -2.44. The van der Waals surface area contributed by atoms with E-state index in [1.165, 1.54) is 19.3 Å². The van der Waals surface area contributed by atoms with Gasteiger partial charge in [0.2, 0.25) is 0 Å². The smallest absolute Gasteiger partial charge is 0.251 e. The number of unbranched alkanes of at least 4 members (excludes halogenated alkanes) is 4. The Morgan fingerprint density at radius 2 is 1.30 bits per heavy atom. The number of alkyl halides is 1. The van der Waals surface area contributed by atoms with Gasteiger partial charge in [-0.15, -0.1) is 0 Å². The number of nitrogens with zero attached hydrogens (tertiary/aromatic N) is 3. The van der Waals surface area contributed by atoms with E-state index < -0.39 is 0 Å². The Morgan fingerprint density at radius 3 is 1.83 bits per heavy atom. The topological polar surface area (TPSA) is 45.2 Å². The first-order valence-corrected chi connectivity index (χ1v) is 9.99. The molecule has 0 aromatic heterocycles. The molecule has 2 fully saturated rings. The molecule has 0 aromatic carbocycles. The second-order valence-corrected chi connectivity index (χ2v) is 6.81. The Morgan fingerprint density at radius 1 is 0.826 bits per heavy atom. The molecule has 0 N–H and O–H groups in total. The Labute approximate surface area is 148 Å². The molecule has 0 atom stereocenters. The lowest BCUT2D eigenvalue weighted by Crippen LogP contribution is -2.61. The second-order valence-electron chi connectivity index (χ2n) is 6.02. The van der Waals surface area contributed by atoms with Crippen molar-refractivity contribution in [3.63, 3.8) is 0 Å². The molecule has 2 aliphatic heterocycles. The van der Waals surface area contributed by atoms with Gasteiger partial charge in [-0.05, 0) is 12.8 Å². The van der Waals surface area contributed by atoms with Gasteiger partial charge in [0.25, 0.3) is 5.91 Å². The third kappa shape index (κ3) is 6.66. The summed E-state index contributed by atoms with van der Waals surface area (Å²) >= 11 is 3.46. The van der Waals surface area contributed by atoms with E-state index in [1.54, 1.807) is 0 Å². The zero-order valence-electron chi connectivity index (χ0n) is 14.1. The fraction of sp³-hybridized carbons (Fsp3) is 0.938. The maximum absolute atomic E-state index is 12.8. The fourth-order valence-corrected chi connectivity index (χ4v) is 3.38. The molecule has 0 bridgehead atoms. The van der Waals surface area contributed by atoms with E-state index in [1.807, 2.05) is 5.12 Å². The number of carbonyl (C=O) groups is 1. The molecule has 23 heavy (non-hydrogen) atoms. The van der Waals surface area contributed by atoms with E-state index >= 15 is 0 Å². The first-order valence-electron chi connectivity index (χ1n) is 8.87. The van der Waals surface area contributed by atoms with Crippen LogP contribution in [0.2, 0.25) is 0 Å². The average Bonchev–Trinajstić information content (AvgIpc) is 2.60. The molecule has 2 aliphatic rings. The number of hydrogen-bond donors (Lipinski definition) is 0. The first-order chi connectivity index (χ1) is 11.3. The Kier molecular flexibility index (Phi) is 9.45. The lowest BCUT2D eigenvalue weighted by atomic mass is 10.1. The molecule has 0 radical (unpaired) electrons. The summed E-state index contributed by atoms with van der Waals surface area (Å²) in [7, 11) is 0. The summed E-state index contributed by atoms with van der Waals surface area (Å²) in [6.45, 7) is 5.92. The van der Waals surface area contributed by atoms with Gasteiger partial charge >= 0.3 is 0 Å². The van der Waals surface area contributed by atoms with Crippen molar-refractivity contribution in [2.24, 2.45) is 0 Å². The van der Waals surface area contributed by atoms with Gasteiger partial charge in [-0.1, -0.05) is 35.2 Å². The highest BCUT2D eigenvalue weighted by molar-refractivity contribution is 9.09. The third-order valence-corrected chi connectivity index (χ3v) is 4.82. The molecule has 0 aliphatic carbocycles. The number of halogens is 1. The monoisotopic (exact) mass is 391 g/mol. The van der Waals surface area contributed by atoms with E-state index in [0.29, 0.717) is 32.8 Å². The highest BCUT2D eigenvalue weighted by Crippen LogP contribution is 2.14. The molecule has 0 spiro atoms. The van der Waals surface area contributed by atoms with Gasteiger partial charge in [0.1, 0.15) is 0 Å². The van der Waals surface area contributed by atoms with Gasteiger partial charge in [0.05, 0.1) is 26.4 Å². The van der Waals surface area contributed by atoms with Crippen LogP contribution in [0.15, 0.2) is 0 Å². The van der Waals surface area contributed by atoms with Crippen molar-refractivity contribution in [3.8, 4) is 0 Å². The fourth-order valence-electron chi connectivity index (χ4n) is 2.98. The number of hydrogen-bond acceptors (Lipinski definition) is 5. The van der Waals surface area contributed by atoms with Crippen molar-refractivity contribution in [1.29, 1.82) is 0 Å². The van der Waals surface area contributed by atoms with Crippen LogP contribution in [0.25, 0.3) is 0 Å². The van der Waals surface area contributed by atoms with E-state index in [2.05, 4.69) is 25.9 Å². The van der Waals surface area contributed by atoms with Gasteiger partial charge < -0.3 is 9.47 Å². The molecule has 0 unspecified atom stereocenters. The maximum Gasteiger partial charge on any atom is 0.251 e. The van der Waals surface area contributed by atoms with Crippen molar-refractivity contribution in [3.05, 3.63) is 0 Å². The van der Waals surface area contributed by atoms with E-state index in [4.69, 9.17) is 9.47 Å².